The second-order valence-corrected chi connectivity index (χ2v) is 10.5. The molecule has 0 aliphatic rings. The summed E-state index contributed by atoms with van der Waals surface area (Å²) in [5.41, 5.74) is 3.73. The van der Waals surface area contributed by atoms with Crippen LogP contribution in [0.4, 0.5) is 0 Å². The Balaban J connectivity index is 1.93. The molecule has 0 unspecified atom stereocenters. The Bertz CT molecular complexity index is 1210. The van der Waals surface area contributed by atoms with Gasteiger partial charge < -0.3 is 15.0 Å². The fourth-order valence-corrected chi connectivity index (χ4v) is 4.52. The number of carbonyl (C=O) groups is 2. The number of nitrogens with one attached hydrogen (secondary N) is 1. The van der Waals surface area contributed by atoms with E-state index in [1.54, 1.807) is 23.1 Å². The Morgan fingerprint density at radius 3 is 2.27 bits per heavy atom. The van der Waals surface area contributed by atoms with Gasteiger partial charge in [0.25, 0.3) is 5.91 Å². The summed E-state index contributed by atoms with van der Waals surface area (Å²) in [5.74, 6) is 0.0717. The highest BCUT2D eigenvalue weighted by Gasteiger charge is 2.30. The lowest BCUT2D eigenvalue weighted by molar-refractivity contribution is -0.142. The highest BCUT2D eigenvalue weighted by Crippen LogP contribution is 2.27. The molecule has 37 heavy (non-hydrogen) atoms. The van der Waals surface area contributed by atoms with Crippen LogP contribution in [0.15, 0.2) is 65.1 Å². The predicted molar refractivity (Wildman–Crippen MR) is 153 cm³/mol. The van der Waals surface area contributed by atoms with Crippen molar-refractivity contribution in [3.05, 3.63) is 97.4 Å². The SMILES string of the molecule is CCCNC(=O)[C@@H](Cc1ccccc1)N(Cc1ccc(Cl)c(Cl)c1)C(=O)COc1cc(C)c(Br)c(C)c1. The molecule has 2 amide bonds. The number of hydrogen-bond donors (Lipinski definition) is 1. The summed E-state index contributed by atoms with van der Waals surface area (Å²) in [7, 11) is 0. The molecular formula is C29H31BrCl2N2O3. The van der Waals surface area contributed by atoms with Crippen LogP contribution >= 0.6 is 39.1 Å². The summed E-state index contributed by atoms with van der Waals surface area (Å²) in [4.78, 5) is 28.6. The number of ether oxygens (including phenoxy) is 1. The quantitative estimate of drug-likeness (QED) is 0.258. The second-order valence-electron chi connectivity index (χ2n) is 8.93. The van der Waals surface area contributed by atoms with Gasteiger partial charge in [-0.2, -0.15) is 0 Å². The number of halogens is 3. The minimum atomic E-state index is -0.743. The van der Waals surface area contributed by atoms with Crippen LogP contribution in [0.5, 0.6) is 5.75 Å². The minimum absolute atomic E-state index is 0.175. The maximum atomic E-state index is 13.7. The molecule has 3 rings (SSSR count). The normalized spacial score (nSPS) is 11.6. The van der Waals surface area contributed by atoms with Crippen LogP contribution in [0.2, 0.25) is 10.0 Å². The molecule has 0 bridgehead atoms. The van der Waals surface area contributed by atoms with E-state index in [4.69, 9.17) is 27.9 Å². The fourth-order valence-electron chi connectivity index (χ4n) is 3.97. The molecule has 1 atom stereocenters. The minimum Gasteiger partial charge on any atom is -0.484 e. The van der Waals surface area contributed by atoms with E-state index in [-0.39, 0.29) is 25.0 Å². The molecule has 0 spiro atoms. The molecule has 1 N–H and O–H groups in total. The van der Waals surface area contributed by atoms with Gasteiger partial charge in [-0.3, -0.25) is 9.59 Å². The zero-order chi connectivity index (χ0) is 26.9. The van der Waals surface area contributed by atoms with Gasteiger partial charge in [0.1, 0.15) is 11.8 Å². The molecule has 0 aliphatic heterocycles. The van der Waals surface area contributed by atoms with Crippen molar-refractivity contribution in [2.24, 2.45) is 0 Å². The van der Waals surface area contributed by atoms with E-state index in [0.717, 1.165) is 33.1 Å². The van der Waals surface area contributed by atoms with Crippen molar-refractivity contribution in [3.63, 3.8) is 0 Å². The molecular weight excluding hydrogens is 575 g/mol. The fraction of sp³-hybridized carbons (Fsp3) is 0.310. The monoisotopic (exact) mass is 604 g/mol. The molecule has 3 aromatic rings. The number of rotatable bonds is 11. The van der Waals surface area contributed by atoms with Crippen LogP contribution in [0.3, 0.4) is 0 Å². The Kier molecular flexibility index (Phi) is 10.9. The van der Waals surface area contributed by atoms with Gasteiger partial charge in [0.05, 0.1) is 10.0 Å². The van der Waals surface area contributed by atoms with Gasteiger partial charge in [0, 0.05) is 24.0 Å². The van der Waals surface area contributed by atoms with Crippen molar-refractivity contribution >= 4 is 50.9 Å². The maximum absolute atomic E-state index is 13.7. The smallest absolute Gasteiger partial charge is 0.261 e. The Hall–Kier alpha value is -2.54. The first-order valence-electron chi connectivity index (χ1n) is 12.1. The first-order valence-corrected chi connectivity index (χ1v) is 13.7. The standard InChI is InChI=1S/C29H31BrCl2N2O3/c1-4-12-33-29(36)26(16-21-8-6-5-7-9-21)34(17-22-10-11-24(31)25(32)15-22)27(35)18-37-23-13-19(2)28(30)20(3)14-23/h5-11,13-15,26H,4,12,16-18H2,1-3H3,(H,33,36)/t26-/m1/s1. The summed E-state index contributed by atoms with van der Waals surface area (Å²) in [6.07, 6.45) is 1.15. The van der Waals surface area contributed by atoms with Crippen molar-refractivity contribution in [3.8, 4) is 5.75 Å². The summed E-state index contributed by atoms with van der Waals surface area (Å²) in [6, 6.07) is 17.9. The lowest BCUT2D eigenvalue weighted by atomic mass is 10.0. The van der Waals surface area contributed by atoms with Crippen molar-refractivity contribution in [1.82, 2.24) is 10.2 Å². The van der Waals surface area contributed by atoms with Crippen LogP contribution < -0.4 is 10.1 Å². The van der Waals surface area contributed by atoms with Gasteiger partial charge in [-0.1, -0.05) is 82.5 Å². The van der Waals surface area contributed by atoms with Crippen molar-refractivity contribution in [2.45, 2.75) is 46.2 Å². The number of amides is 2. The summed E-state index contributed by atoms with van der Waals surface area (Å²) in [5, 5.41) is 3.78. The third-order valence-corrected chi connectivity index (χ3v) is 7.92. The van der Waals surface area contributed by atoms with E-state index >= 15 is 0 Å². The van der Waals surface area contributed by atoms with Crippen molar-refractivity contribution in [1.29, 1.82) is 0 Å². The Labute approximate surface area is 237 Å². The third kappa shape index (κ3) is 8.22. The van der Waals surface area contributed by atoms with E-state index in [0.29, 0.717) is 28.8 Å². The first kappa shape index (κ1) is 29.0. The Morgan fingerprint density at radius 1 is 0.973 bits per heavy atom. The molecule has 8 heteroatoms. The molecule has 0 fully saturated rings. The highest BCUT2D eigenvalue weighted by atomic mass is 79.9. The lowest BCUT2D eigenvalue weighted by Crippen LogP contribution is -2.51. The van der Waals surface area contributed by atoms with E-state index in [1.807, 2.05) is 63.2 Å². The average molecular weight is 606 g/mol. The maximum Gasteiger partial charge on any atom is 0.261 e. The summed E-state index contributed by atoms with van der Waals surface area (Å²) in [6.45, 7) is 6.41. The van der Waals surface area contributed by atoms with Crippen LogP contribution in [-0.4, -0.2) is 35.9 Å². The molecule has 0 aliphatic carbocycles. The molecule has 0 saturated carbocycles. The molecule has 0 saturated heterocycles. The van der Waals surface area contributed by atoms with Crippen molar-refractivity contribution in [2.75, 3.05) is 13.2 Å². The summed E-state index contributed by atoms with van der Waals surface area (Å²) >= 11 is 15.9. The zero-order valence-electron chi connectivity index (χ0n) is 21.2. The van der Waals surface area contributed by atoms with Crippen LogP contribution in [0, 0.1) is 13.8 Å². The van der Waals surface area contributed by atoms with Crippen molar-refractivity contribution < 1.29 is 14.3 Å². The molecule has 0 heterocycles. The number of nitrogens with zero attached hydrogens (tertiary/aromatic N) is 1. The highest BCUT2D eigenvalue weighted by molar-refractivity contribution is 9.10. The van der Waals surface area contributed by atoms with Gasteiger partial charge in [0.2, 0.25) is 5.91 Å². The lowest BCUT2D eigenvalue weighted by Gasteiger charge is -2.31. The van der Waals surface area contributed by atoms with Gasteiger partial charge in [0.15, 0.2) is 6.61 Å². The van der Waals surface area contributed by atoms with Gasteiger partial charge >= 0.3 is 0 Å². The third-order valence-electron chi connectivity index (χ3n) is 5.93. The predicted octanol–water partition coefficient (Wildman–Crippen LogP) is 6.92. The van der Waals surface area contributed by atoms with Crippen LogP contribution in [0.1, 0.15) is 35.6 Å². The number of aryl methyl sites for hydroxylation is 2. The second kappa shape index (κ2) is 13.8. The zero-order valence-corrected chi connectivity index (χ0v) is 24.3. The van der Waals surface area contributed by atoms with E-state index in [1.165, 1.54) is 0 Å². The van der Waals surface area contributed by atoms with E-state index in [2.05, 4.69) is 21.2 Å². The van der Waals surface area contributed by atoms with Gasteiger partial charge in [-0.25, -0.2) is 0 Å². The first-order chi connectivity index (χ1) is 17.7. The molecule has 0 aromatic heterocycles. The van der Waals surface area contributed by atoms with Gasteiger partial charge in [-0.15, -0.1) is 0 Å². The molecule has 5 nitrogen and oxygen atoms in total. The molecule has 0 radical (unpaired) electrons. The van der Waals surface area contributed by atoms with Crippen LogP contribution in [-0.2, 0) is 22.6 Å². The number of benzene rings is 3. The number of hydrogen-bond acceptors (Lipinski definition) is 3. The van der Waals surface area contributed by atoms with E-state index in [9.17, 15) is 9.59 Å². The molecule has 196 valence electrons. The largest absolute Gasteiger partial charge is 0.484 e. The molecule has 3 aromatic carbocycles. The summed E-state index contributed by atoms with van der Waals surface area (Å²) < 4.78 is 6.92. The topological polar surface area (TPSA) is 58.6 Å². The van der Waals surface area contributed by atoms with Crippen LogP contribution in [0.25, 0.3) is 0 Å². The van der Waals surface area contributed by atoms with E-state index < -0.39 is 6.04 Å². The average Bonchev–Trinajstić information content (AvgIpc) is 2.89. The number of carbonyl (C=O) groups excluding carboxylic acids is 2. The van der Waals surface area contributed by atoms with Gasteiger partial charge in [-0.05, 0) is 66.8 Å². The Morgan fingerprint density at radius 2 is 1.65 bits per heavy atom.